The first-order valence-electron chi connectivity index (χ1n) is 8.65. The van der Waals surface area contributed by atoms with Crippen molar-refractivity contribution in [2.24, 2.45) is 0 Å². The molecule has 9 heteroatoms. The molecule has 0 bridgehead atoms. The average Bonchev–Trinajstić information content (AvgIpc) is 3.42. The lowest BCUT2D eigenvalue weighted by atomic mass is 10.2. The molecule has 3 heterocycles. The highest BCUT2D eigenvalue weighted by molar-refractivity contribution is 7.99. The molecule has 0 unspecified atom stereocenters. The number of carbonyl (C=O) groups excluding carboxylic acids is 1. The Labute approximate surface area is 175 Å². The fourth-order valence-electron chi connectivity index (χ4n) is 2.49. The molecule has 0 saturated heterocycles. The Morgan fingerprint density at radius 2 is 1.76 bits per heavy atom. The standard InChI is InChI=1S/C20H15ClN4O3S/c21-15-3-1-13(2-4-15)17-6-5-16(27-17)11-23-18(26)12-29-20-25-24-19(28-20)14-7-9-22-10-8-14/h1-10H,11-12H2,(H,23,26). The molecule has 0 saturated carbocycles. The number of amides is 1. The maximum Gasteiger partial charge on any atom is 0.277 e. The predicted octanol–water partition coefficient (Wildman–Crippen LogP) is 4.45. The number of rotatable bonds is 7. The monoisotopic (exact) mass is 426 g/mol. The van der Waals surface area contributed by atoms with E-state index in [-0.39, 0.29) is 11.7 Å². The van der Waals surface area contributed by atoms with Gasteiger partial charge in [0.1, 0.15) is 11.5 Å². The van der Waals surface area contributed by atoms with Crippen LogP contribution < -0.4 is 5.32 Å². The van der Waals surface area contributed by atoms with Crippen molar-refractivity contribution >= 4 is 29.3 Å². The molecule has 0 aliphatic carbocycles. The number of carbonyl (C=O) groups is 1. The molecule has 1 N–H and O–H groups in total. The van der Waals surface area contributed by atoms with Crippen molar-refractivity contribution in [3.05, 3.63) is 71.7 Å². The van der Waals surface area contributed by atoms with Gasteiger partial charge in [-0.05, 0) is 48.5 Å². The summed E-state index contributed by atoms with van der Waals surface area (Å²) in [5.41, 5.74) is 1.70. The number of aromatic nitrogens is 3. The number of thioether (sulfide) groups is 1. The van der Waals surface area contributed by atoms with E-state index < -0.39 is 0 Å². The number of benzene rings is 1. The minimum atomic E-state index is -0.164. The van der Waals surface area contributed by atoms with Crippen molar-refractivity contribution in [1.29, 1.82) is 0 Å². The smallest absolute Gasteiger partial charge is 0.277 e. The number of pyridine rings is 1. The zero-order valence-corrected chi connectivity index (χ0v) is 16.6. The molecule has 0 aliphatic heterocycles. The minimum absolute atomic E-state index is 0.155. The van der Waals surface area contributed by atoms with Crippen molar-refractivity contribution < 1.29 is 13.6 Å². The molecule has 0 fully saturated rings. The molecule has 3 aromatic heterocycles. The second-order valence-corrected chi connectivity index (χ2v) is 7.31. The van der Waals surface area contributed by atoms with Gasteiger partial charge in [-0.15, -0.1) is 10.2 Å². The van der Waals surface area contributed by atoms with Gasteiger partial charge in [-0.2, -0.15) is 0 Å². The first-order valence-corrected chi connectivity index (χ1v) is 10.0. The van der Waals surface area contributed by atoms with E-state index in [1.807, 2.05) is 24.3 Å². The summed E-state index contributed by atoms with van der Waals surface area (Å²) in [6.45, 7) is 0.291. The predicted molar refractivity (Wildman–Crippen MR) is 109 cm³/mol. The molecule has 7 nitrogen and oxygen atoms in total. The summed E-state index contributed by atoms with van der Waals surface area (Å²) in [5, 5.41) is 11.7. The summed E-state index contributed by atoms with van der Waals surface area (Å²) in [6, 6.07) is 14.6. The van der Waals surface area contributed by atoms with Crippen molar-refractivity contribution in [2.75, 3.05) is 5.75 Å². The molecule has 4 rings (SSSR count). The molecule has 1 aromatic carbocycles. The van der Waals surface area contributed by atoms with Crippen molar-refractivity contribution in [1.82, 2.24) is 20.5 Å². The van der Waals surface area contributed by atoms with E-state index in [9.17, 15) is 4.79 Å². The third-order valence-corrected chi connectivity index (χ3v) is 4.98. The summed E-state index contributed by atoms with van der Waals surface area (Å²) in [4.78, 5) is 16.0. The normalized spacial score (nSPS) is 10.8. The Kier molecular flexibility index (Phi) is 5.92. The molecule has 1 amide bonds. The molecular weight excluding hydrogens is 412 g/mol. The van der Waals surface area contributed by atoms with E-state index in [1.54, 1.807) is 36.7 Å². The summed E-state index contributed by atoms with van der Waals surface area (Å²) in [7, 11) is 0. The Balaban J connectivity index is 1.27. The van der Waals surface area contributed by atoms with Crippen LogP contribution in [0.2, 0.25) is 5.02 Å². The van der Waals surface area contributed by atoms with E-state index in [1.165, 1.54) is 11.8 Å². The number of nitrogens with one attached hydrogen (secondary N) is 1. The van der Waals surface area contributed by atoms with Crippen molar-refractivity contribution in [3.8, 4) is 22.8 Å². The van der Waals surface area contributed by atoms with E-state index in [0.717, 1.165) is 16.9 Å². The third kappa shape index (κ3) is 5.04. The van der Waals surface area contributed by atoms with E-state index in [4.69, 9.17) is 20.4 Å². The van der Waals surface area contributed by atoms with Crippen molar-refractivity contribution in [3.63, 3.8) is 0 Å². The number of furan rings is 1. The topological polar surface area (TPSA) is 94.0 Å². The van der Waals surface area contributed by atoms with Gasteiger partial charge in [-0.1, -0.05) is 23.4 Å². The zero-order valence-electron chi connectivity index (χ0n) is 15.0. The maximum atomic E-state index is 12.1. The zero-order chi connectivity index (χ0) is 20.1. The number of halogens is 1. The van der Waals surface area contributed by atoms with Gasteiger partial charge < -0.3 is 14.2 Å². The molecular formula is C20H15ClN4O3S. The van der Waals surface area contributed by atoms with Crippen LogP contribution in [-0.2, 0) is 11.3 Å². The summed E-state index contributed by atoms with van der Waals surface area (Å²) in [5.74, 6) is 1.76. The average molecular weight is 427 g/mol. The van der Waals surface area contributed by atoms with Gasteiger partial charge in [0, 0.05) is 28.5 Å². The highest BCUT2D eigenvalue weighted by Gasteiger charge is 2.12. The molecule has 0 aliphatic rings. The molecule has 0 atom stereocenters. The van der Waals surface area contributed by atoms with Crippen molar-refractivity contribution in [2.45, 2.75) is 11.8 Å². The summed E-state index contributed by atoms with van der Waals surface area (Å²) >= 11 is 7.07. The molecule has 146 valence electrons. The molecule has 0 radical (unpaired) electrons. The minimum Gasteiger partial charge on any atom is -0.459 e. The quantitative estimate of drug-likeness (QED) is 0.436. The third-order valence-electron chi connectivity index (χ3n) is 3.91. The number of hydrogen-bond donors (Lipinski definition) is 1. The second kappa shape index (κ2) is 8.93. The second-order valence-electron chi connectivity index (χ2n) is 5.95. The Bertz CT molecular complexity index is 1100. The van der Waals surface area contributed by atoms with Crippen LogP contribution in [0.15, 0.2) is 75.0 Å². The van der Waals surface area contributed by atoms with Crippen LogP contribution in [-0.4, -0.2) is 26.8 Å². The van der Waals surface area contributed by atoms with Crippen LogP contribution in [0, 0.1) is 0 Å². The Morgan fingerprint density at radius 1 is 0.966 bits per heavy atom. The fraction of sp³-hybridized carbons (Fsp3) is 0.100. The first kappa shape index (κ1) is 19.2. The molecule has 0 spiro atoms. The van der Waals surface area contributed by atoms with E-state index in [0.29, 0.717) is 28.4 Å². The molecule has 29 heavy (non-hydrogen) atoms. The van der Waals surface area contributed by atoms with Gasteiger partial charge >= 0.3 is 0 Å². The van der Waals surface area contributed by atoms with Crippen LogP contribution in [0.3, 0.4) is 0 Å². The van der Waals surface area contributed by atoms with Gasteiger partial charge in [0.05, 0.1) is 12.3 Å². The van der Waals surface area contributed by atoms with E-state index in [2.05, 4.69) is 20.5 Å². The highest BCUT2D eigenvalue weighted by Crippen LogP contribution is 2.24. The maximum absolute atomic E-state index is 12.1. The first-order chi connectivity index (χ1) is 14.2. The number of nitrogens with zero attached hydrogens (tertiary/aromatic N) is 3. The van der Waals surface area contributed by atoms with Crippen LogP contribution >= 0.6 is 23.4 Å². The SMILES string of the molecule is O=C(CSc1nnc(-c2ccncc2)o1)NCc1ccc(-c2ccc(Cl)cc2)o1. The lowest BCUT2D eigenvalue weighted by molar-refractivity contribution is -0.118. The van der Waals surface area contributed by atoms with Gasteiger partial charge in [-0.3, -0.25) is 9.78 Å². The van der Waals surface area contributed by atoms with Gasteiger partial charge in [-0.25, -0.2) is 0 Å². The Morgan fingerprint density at radius 3 is 2.55 bits per heavy atom. The lowest BCUT2D eigenvalue weighted by Gasteiger charge is -2.02. The lowest BCUT2D eigenvalue weighted by Crippen LogP contribution is -2.24. The van der Waals surface area contributed by atoms with Gasteiger partial charge in [0.25, 0.3) is 5.22 Å². The highest BCUT2D eigenvalue weighted by atomic mass is 35.5. The van der Waals surface area contributed by atoms with E-state index >= 15 is 0 Å². The molecule has 4 aromatic rings. The van der Waals surface area contributed by atoms with Crippen LogP contribution in [0.1, 0.15) is 5.76 Å². The Hall–Kier alpha value is -3.10. The van der Waals surface area contributed by atoms with Crippen LogP contribution in [0.5, 0.6) is 0 Å². The van der Waals surface area contributed by atoms with Gasteiger partial charge in [0.2, 0.25) is 11.8 Å². The summed E-state index contributed by atoms with van der Waals surface area (Å²) in [6.07, 6.45) is 3.29. The van der Waals surface area contributed by atoms with Gasteiger partial charge in [0.15, 0.2) is 0 Å². The largest absolute Gasteiger partial charge is 0.459 e. The van der Waals surface area contributed by atoms with Crippen LogP contribution in [0.4, 0.5) is 0 Å². The fourth-order valence-corrected chi connectivity index (χ4v) is 3.20. The number of hydrogen-bond acceptors (Lipinski definition) is 7. The van der Waals surface area contributed by atoms with Crippen LogP contribution in [0.25, 0.3) is 22.8 Å². The summed E-state index contributed by atoms with van der Waals surface area (Å²) < 4.78 is 11.3.